The van der Waals surface area contributed by atoms with Gasteiger partial charge in [0, 0.05) is 0 Å². The molecule has 0 saturated carbocycles. The van der Waals surface area contributed by atoms with Gasteiger partial charge in [-0.3, -0.25) is 0 Å². The topological polar surface area (TPSA) is 0 Å². The Morgan fingerprint density at radius 3 is 1.00 bits per heavy atom. The fourth-order valence-corrected chi connectivity index (χ4v) is 5.21. The lowest BCUT2D eigenvalue weighted by molar-refractivity contribution is -0.913. The van der Waals surface area contributed by atoms with Gasteiger partial charge in [-0.1, -0.05) is 149 Å². The Labute approximate surface area is 212 Å². The Morgan fingerprint density at radius 2 is 0.667 bits per heavy atom. The van der Waals surface area contributed by atoms with Crippen molar-refractivity contribution in [2.75, 3.05) is 20.6 Å². The number of nitrogens with zero attached hydrogens (tertiary/aromatic N) is 1. The molecule has 0 rings (SSSR count). The largest absolute Gasteiger partial charge is 0.326 e. The fourth-order valence-electron chi connectivity index (χ4n) is 5.21. The Balaban J connectivity index is 3.45. The van der Waals surface area contributed by atoms with Crippen LogP contribution >= 0.6 is 0 Å². The molecular weight excluding hydrogens is 398 g/mol. The Morgan fingerprint density at radius 1 is 0.394 bits per heavy atom. The van der Waals surface area contributed by atoms with E-state index >= 15 is 0 Å². The molecule has 0 aliphatic carbocycles. The van der Waals surface area contributed by atoms with Crippen LogP contribution in [-0.4, -0.2) is 31.2 Å². The van der Waals surface area contributed by atoms with Gasteiger partial charge in [0.1, 0.15) is 0 Å². The second kappa shape index (κ2) is 25.1. The van der Waals surface area contributed by atoms with Crippen molar-refractivity contribution in [3.63, 3.8) is 0 Å². The van der Waals surface area contributed by atoms with E-state index in [0.29, 0.717) is 0 Å². The van der Waals surface area contributed by atoms with Gasteiger partial charge >= 0.3 is 0 Å². The van der Waals surface area contributed by atoms with E-state index in [1.807, 2.05) is 0 Å². The highest BCUT2D eigenvalue weighted by Crippen LogP contribution is 2.18. The molecule has 1 atom stereocenters. The lowest BCUT2D eigenvalue weighted by atomic mass is 10.0. The monoisotopic (exact) mass is 467 g/mol. The zero-order valence-electron chi connectivity index (χ0n) is 24.4. The molecule has 0 aromatic heterocycles. The summed E-state index contributed by atoms with van der Waals surface area (Å²) in [6.45, 7) is 8.48. The molecule has 0 heterocycles. The summed E-state index contributed by atoms with van der Waals surface area (Å²) in [7, 11) is 4.95. The first-order chi connectivity index (χ1) is 16.0. The molecule has 0 aliphatic heterocycles. The average Bonchev–Trinajstić information content (AvgIpc) is 2.80. The van der Waals surface area contributed by atoms with Gasteiger partial charge in [-0.15, -0.1) is 0 Å². The van der Waals surface area contributed by atoms with Crippen molar-refractivity contribution in [2.45, 2.75) is 187 Å². The highest BCUT2D eigenvalue weighted by Gasteiger charge is 2.22. The minimum Gasteiger partial charge on any atom is -0.326 e. The van der Waals surface area contributed by atoms with E-state index in [1.54, 1.807) is 0 Å². The van der Waals surface area contributed by atoms with Gasteiger partial charge in [0.05, 0.1) is 26.7 Å². The summed E-state index contributed by atoms with van der Waals surface area (Å²) in [5, 5.41) is 0. The van der Waals surface area contributed by atoms with Gasteiger partial charge in [-0.25, -0.2) is 0 Å². The summed E-state index contributed by atoms with van der Waals surface area (Å²) in [4.78, 5) is 0. The van der Waals surface area contributed by atoms with Crippen LogP contribution in [-0.2, 0) is 0 Å². The van der Waals surface area contributed by atoms with E-state index in [9.17, 15) is 0 Å². The van der Waals surface area contributed by atoms with Crippen molar-refractivity contribution >= 4 is 0 Å². The van der Waals surface area contributed by atoms with Crippen LogP contribution in [0.1, 0.15) is 181 Å². The lowest BCUT2D eigenvalue weighted by Crippen LogP contribution is -2.47. The molecule has 1 heteroatoms. The van der Waals surface area contributed by atoms with Gasteiger partial charge in [0.15, 0.2) is 0 Å². The Bertz CT molecular complexity index is 362. The number of rotatable bonds is 27. The van der Waals surface area contributed by atoms with Gasteiger partial charge in [0.2, 0.25) is 0 Å². The first kappa shape index (κ1) is 33.0. The third kappa shape index (κ3) is 23.5. The molecule has 200 valence electrons. The first-order valence-corrected chi connectivity index (χ1v) is 15.9. The maximum Gasteiger partial charge on any atom is 0.0857 e. The second-order valence-electron chi connectivity index (χ2n) is 11.9. The second-order valence-corrected chi connectivity index (χ2v) is 11.9. The highest BCUT2D eigenvalue weighted by molar-refractivity contribution is 4.55. The molecule has 0 radical (unpaired) electrons. The predicted octanol–water partition coefficient (Wildman–Crippen LogP) is 11.2. The summed E-state index contributed by atoms with van der Waals surface area (Å²) in [5.74, 6) is 0. The normalized spacial score (nSPS) is 13.0. The minimum atomic E-state index is 0.820. The first-order valence-electron chi connectivity index (χ1n) is 15.9. The maximum atomic E-state index is 2.50. The van der Waals surface area contributed by atoms with Crippen LogP contribution in [0, 0.1) is 0 Å². The summed E-state index contributed by atoms with van der Waals surface area (Å²) in [5.41, 5.74) is 0. The van der Waals surface area contributed by atoms with E-state index in [0.717, 1.165) is 6.04 Å². The molecular formula is C32H68N+. The summed E-state index contributed by atoms with van der Waals surface area (Å²) >= 11 is 0. The molecule has 0 fully saturated rings. The lowest BCUT2D eigenvalue weighted by Gasteiger charge is -2.36. The van der Waals surface area contributed by atoms with Crippen molar-refractivity contribution in [1.29, 1.82) is 0 Å². The van der Waals surface area contributed by atoms with Crippen LogP contribution in [0.15, 0.2) is 0 Å². The smallest absolute Gasteiger partial charge is 0.0857 e. The van der Waals surface area contributed by atoms with Gasteiger partial charge in [-0.2, -0.15) is 0 Å². The molecule has 0 amide bonds. The number of quaternary nitrogens is 1. The highest BCUT2D eigenvalue weighted by atomic mass is 15.3. The number of hydrogen-bond donors (Lipinski definition) is 0. The van der Waals surface area contributed by atoms with E-state index in [-0.39, 0.29) is 0 Å². The van der Waals surface area contributed by atoms with Crippen molar-refractivity contribution < 1.29 is 4.48 Å². The molecule has 1 unspecified atom stereocenters. The van der Waals surface area contributed by atoms with Crippen molar-refractivity contribution in [2.24, 2.45) is 0 Å². The molecule has 1 nitrogen and oxygen atoms in total. The summed E-state index contributed by atoms with van der Waals surface area (Å²) in [6, 6.07) is 0.820. The Hall–Kier alpha value is -0.0400. The van der Waals surface area contributed by atoms with Crippen LogP contribution in [0.3, 0.4) is 0 Å². The van der Waals surface area contributed by atoms with Gasteiger partial charge in [0.25, 0.3) is 0 Å². The number of hydrogen-bond acceptors (Lipinski definition) is 0. The molecule has 0 aromatic carbocycles. The maximum absolute atomic E-state index is 2.50. The van der Waals surface area contributed by atoms with Gasteiger partial charge in [-0.05, 0) is 32.6 Å². The van der Waals surface area contributed by atoms with Crippen LogP contribution in [0.2, 0.25) is 0 Å². The van der Waals surface area contributed by atoms with Gasteiger partial charge < -0.3 is 4.48 Å². The van der Waals surface area contributed by atoms with E-state index in [4.69, 9.17) is 0 Å². The summed E-state index contributed by atoms with van der Waals surface area (Å²) in [6.07, 6.45) is 36.3. The molecule has 33 heavy (non-hydrogen) atoms. The van der Waals surface area contributed by atoms with Crippen LogP contribution in [0.25, 0.3) is 0 Å². The molecule has 0 saturated heterocycles. The molecule has 0 spiro atoms. The minimum absolute atomic E-state index is 0.820. The standard InChI is InChI=1S/C32H68N/c1-6-8-10-12-14-16-18-20-22-24-26-28-30-32(3)33(4,5)31-29-27-25-23-21-19-17-15-13-11-9-7-2/h32H,6-31H2,1-5H3/q+1. The van der Waals surface area contributed by atoms with E-state index in [1.165, 1.54) is 172 Å². The van der Waals surface area contributed by atoms with Crippen molar-refractivity contribution in [3.8, 4) is 0 Å². The third-order valence-electron chi connectivity index (χ3n) is 8.26. The fraction of sp³-hybridized carbons (Fsp3) is 1.00. The molecule has 0 aromatic rings. The van der Waals surface area contributed by atoms with Crippen LogP contribution < -0.4 is 0 Å². The average molecular weight is 467 g/mol. The predicted molar refractivity (Wildman–Crippen MR) is 153 cm³/mol. The van der Waals surface area contributed by atoms with Crippen LogP contribution in [0.4, 0.5) is 0 Å². The summed E-state index contributed by atoms with van der Waals surface area (Å²) < 4.78 is 1.23. The molecule has 0 aliphatic rings. The zero-order valence-corrected chi connectivity index (χ0v) is 24.4. The van der Waals surface area contributed by atoms with E-state index in [2.05, 4.69) is 34.9 Å². The Kier molecular flexibility index (Phi) is 25.0. The van der Waals surface area contributed by atoms with Crippen molar-refractivity contribution in [1.82, 2.24) is 0 Å². The third-order valence-corrected chi connectivity index (χ3v) is 8.26. The quantitative estimate of drug-likeness (QED) is 0.0833. The van der Waals surface area contributed by atoms with E-state index < -0.39 is 0 Å². The number of unbranched alkanes of at least 4 members (excludes halogenated alkanes) is 22. The molecule has 0 N–H and O–H groups in total. The van der Waals surface area contributed by atoms with Crippen LogP contribution in [0.5, 0.6) is 0 Å². The SMILES string of the molecule is CCCCCCCCCCCCCCC(C)[N+](C)(C)CCCCCCCCCCCCCC. The zero-order chi connectivity index (χ0) is 24.5. The molecule has 0 bridgehead atoms. The van der Waals surface area contributed by atoms with Crippen molar-refractivity contribution in [3.05, 3.63) is 0 Å².